The fraction of sp³-hybridized carbons (Fsp3) is 0.100. The SMILES string of the molecule is Cc1ccc2oc(C(=O)Nc3nc(S(=O)(=O)Cc4ccccc4)ns3)cc(=O)c2c1. The van der Waals surface area contributed by atoms with Crippen molar-refractivity contribution >= 4 is 43.4 Å². The van der Waals surface area contributed by atoms with Crippen molar-refractivity contribution in [3.8, 4) is 0 Å². The van der Waals surface area contributed by atoms with E-state index in [1.54, 1.807) is 48.5 Å². The number of hydrogen-bond acceptors (Lipinski definition) is 8. The van der Waals surface area contributed by atoms with Crippen LogP contribution in [0.1, 0.15) is 21.7 Å². The van der Waals surface area contributed by atoms with Gasteiger partial charge in [0.05, 0.1) is 11.1 Å². The molecule has 0 radical (unpaired) electrons. The van der Waals surface area contributed by atoms with Crippen LogP contribution in [0.3, 0.4) is 0 Å². The van der Waals surface area contributed by atoms with Crippen LogP contribution in [-0.4, -0.2) is 23.7 Å². The van der Waals surface area contributed by atoms with Gasteiger partial charge in [-0.25, -0.2) is 8.42 Å². The van der Waals surface area contributed by atoms with Gasteiger partial charge >= 0.3 is 0 Å². The number of aromatic nitrogens is 2. The zero-order valence-corrected chi connectivity index (χ0v) is 17.3. The Kier molecular flexibility index (Phi) is 5.18. The molecule has 0 aliphatic heterocycles. The third-order valence-electron chi connectivity index (χ3n) is 4.21. The maximum absolute atomic E-state index is 12.5. The fourth-order valence-corrected chi connectivity index (χ4v) is 4.87. The highest BCUT2D eigenvalue weighted by atomic mass is 32.2. The molecular weight excluding hydrogens is 426 g/mol. The number of sulfone groups is 1. The van der Waals surface area contributed by atoms with Crippen LogP contribution in [0.15, 0.2) is 69.0 Å². The number of amides is 1. The molecule has 1 N–H and O–H groups in total. The Morgan fingerprint density at radius 2 is 1.90 bits per heavy atom. The molecule has 10 heteroatoms. The molecule has 2 aromatic carbocycles. The van der Waals surface area contributed by atoms with Crippen LogP contribution in [0.5, 0.6) is 0 Å². The molecule has 152 valence electrons. The number of anilines is 1. The average Bonchev–Trinajstić information content (AvgIpc) is 3.18. The molecule has 4 rings (SSSR count). The second kappa shape index (κ2) is 7.81. The van der Waals surface area contributed by atoms with E-state index < -0.39 is 15.7 Å². The Bertz CT molecular complexity index is 1410. The molecule has 0 atom stereocenters. The second-order valence-corrected chi connectivity index (χ2v) is 9.19. The normalized spacial score (nSPS) is 11.5. The Labute approximate surface area is 175 Å². The van der Waals surface area contributed by atoms with Crippen molar-refractivity contribution in [2.24, 2.45) is 0 Å². The van der Waals surface area contributed by atoms with E-state index in [2.05, 4.69) is 14.7 Å². The van der Waals surface area contributed by atoms with Gasteiger partial charge in [0, 0.05) is 17.6 Å². The van der Waals surface area contributed by atoms with Gasteiger partial charge in [-0.05, 0) is 24.6 Å². The first kappa shape index (κ1) is 19.9. The molecule has 2 aromatic heterocycles. The standard InChI is InChI=1S/C20H15N3O5S2/c1-12-7-8-16-14(9-12)15(24)10-17(28-16)18(25)21-19-22-20(23-29-19)30(26,27)11-13-5-3-2-4-6-13/h2-10H,11H2,1H3,(H,21,22,23,25). The van der Waals surface area contributed by atoms with Crippen LogP contribution in [0, 0.1) is 6.92 Å². The third-order valence-corrected chi connectivity index (χ3v) is 6.41. The molecule has 0 aliphatic rings. The topological polar surface area (TPSA) is 119 Å². The Morgan fingerprint density at radius 1 is 1.13 bits per heavy atom. The molecule has 0 fully saturated rings. The minimum Gasteiger partial charge on any atom is -0.451 e. The molecule has 0 bridgehead atoms. The number of benzene rings is 2. The number of rotatable bonds is 5. The molecule has 1 amide bonds. The molecule has 30 heavy (non-hydrogen) atoms. The minimum absolute atomic E-state index is 0.0155. The van der Waals surface area contributed by atoms with Crippen molar-refractivity contribution in [3.63, 3.8) is 0 Å². The van der Waals surface area contributed by atoms with Gasteiger partial charge in [-0.2, -0.15) is 9.36 Å². The number of nitrogens with zero attached hydrogens (tertiary/aromatic N) is 2. The van der Waals surface area contributed by atoms with E-state index in [1.165, 1.54) is 0 Å². The van der Waals surface area contributed by atoms with E-state index >= 15 is 0 Å². The first-order valence-electron chi connectivity index (χ1n) is 8.78. The van der Waals surface area contributed by atoms with Gasteiger partial charge in [-0.3, -0.25) is 14.9 Å². The molecule has 0 unspecified atom stereocenters. The highest BCUT2D eigenvalue weighted by molar-refractivity contribution is 7.90. The van der Waals surface area contributed by atoms with Crippen LogP contribution in [0.2, 0.25) is 0 Å². The van der Waals surface area contributed by atoms with Crippen LogP contribution in [0.25, 0.3) is 11.0 Å². The molecule has 0 saturated carbocycles. The van der Waals surface area contributed by atoms with E-state index in [0.29, 0.717) is 10.9 Å². The van der Waals surface area contributed by atoms with Gasteiger partial charge < -0.3 is 4.42 Å². The first-order valence-corrected chi connectivity index (χ1v) is 11.2. The zero-order valence-electron chi connectivity index (χ0n) is 15.7. The van der Waals surface area contributed by atoms with Gasteiger partial charge in [-0.1, -0.05) is 42.0 Å². The lowest BCUT2D eigenvalue weighted by molar-refractivity contribution is 0.0997. The van der Waals surface area contributed by atoms with E-state index in [4.69, 9.17) is 4.42 Å². The lowest BCUT2D eigenvalue weighted by Gasteiger charge is -2.03. The van der Waals surface area contributed by atoms with Gasteiger partial charge in [0.25, 0.3) is 11.1 Å². The Morgan fingerprint density at radius 3 is 2.67 bits per heavy atom. The quantitative estimate of drug-likeness (QED) is 0.505. The number of carbonyl (C=O) groups excluding carboxylic acids is 1. The van der Waals surface area contributed by atoms with E-state index in [-0.39, 0.29) is 32.8 Å². The number of carbonyl (C=O) groups is 1. The third kappa shape index (κ3) is 4.14. The number of aryl methyl sites for hydroxylation is 1. The zero-order chi connectivity index (χ0) is 21.3. The van der Waals surface area contributed by atoms with E-state index in [9.17, 15) is 18.0 Å². The van der Waals surface area contributed by atoms with Gasteiger partial charge in [0.15, 0.2) is 11.2 Å². The summed E-state index contributed by atoms with van der Waals surface area (Å²) < 4.78 is 34.4. The van der Waals surface area contributed by atoms with E-state index in [0.717, 1.165) is 23.2 Å². The summed E-state index contributed by atoms with van der Waals surface area (Å²) in [4.78, 5) is 28.7. The van der Waals surface area contributed by atoms with Crippen LogP contribution in [0.4, 0.5) is 5.13 Å². The lowest BCUT2D eigenvalue weighted by Crippen LogP contribution is -2.15. The van der Waals surface area contributed by atoms with Crippen molar-refractivity contribution in [2.75, 3.05) is 5.32 Å². The molecular formula is C20H15N3O5S2. The number of hydrogen-bond donors (Lipinski definition) is 1. The Balaban J connectivity index is 1.55. The summed E-state index contributed by atoms with van der Waals surface area (Å²) in [5, 5.41) is 2.41. The smallest absolute Gasteiger partial charge is 0.293 e. The molecule has 0 spiro atoms. The summed E-state index contributed by atoms with van der Waals surface area (Å²) in [6.07, 6.45) is 0. The van der Waals surface area contributed by atoms with Crippen molar-refractivity contribution in [2.45, 2.75) is 17.8 Å². The maximum atomic E-state index is 12.5. The van der Waals surface area contributed by atoms with Crippen molar-refractivity contribution in [3.05, 3.63) is 81.7 Å². The predicted molar refractivity (Wildman–Crippen MR) is 112 cm³/mol. The lowest BCUT2D eigenvalue weighted by atomic mass is 10.1. The van der Waals surface area contributed by atoms with Crippen molar-refractivity contribution in [1.82, 2.24) is 9.36 Å². The molecule has 4 aromatic rings. The molecule has 0 aliphatic carbocycles. The molecule has 0 saturated heterocycles. The number of fused-ring (bicyclic) bond motifs is 1. The number of nitrogens with one attached hydrogen (secondary N) is 1. The summed E-state index contributed by atoms with van der Waals surface area (Å²) >= 11 is 0.728. The van der Waals surface area contributed by atoms with Gasteiger partial charge in [0.2, 0.25) is 15.0 Å². The average molecular weight is 441 g/mol. The van der Waals surface area contributed by atoms with Crippen molar-refractivity contribution < 1.29 is 17.6 Å². The predicted octanol–water partition coefficient (Wildman–Crippen LogP) is 3.18. The highest BCUT2D eigenvalue weighted by Gasteiger charge is 2.22. The van der Waals surface area contributed by atoms with Crippen LogP contribution < -0.4 is 10.7 Å². The maximum Gasteiger partial charge on any atom is 0.293 e. The van der Waals surface area contributed by atoms with E-state index in [1.807, 2.05) is 6.92 Å². The summed E-state index contributed by atoms with van der Waals surface area (Å²) in [5.41, 5.74) is 1.42. The summed E-state index contributed by atoms with van der Waals surface area (Å²) in [5.74, 6) is -1.19. The second-order valence-electron chi connectivity index (χ2n) is 6.56. The van der Waals surface area contributed by atoms with Crippen LogP contribution in [-0.2, 0) is 15.6 Å². The monoisotopic (exact) mass is 441 g/mol. The molecule has 2 heterocycles. The highest BCUT2D eigenvalue weighted by Crippen LogP contribution is 2.20. The first-order chi connectivity index (χ1) is 14.3. The van der Waals surface area contributed by atoms with Crippen molar-refractivity contribution in [1.29, 1.82) is 0 Å². The summed E-state index contributed by atoms with van der Waals surface area (Å²) in [7, 11) is -3.77. The minimum atomic E-state index is -3.77. The van der Waals surface area contributed by atoms with Gasteiger partial charge in [-0.15, -0.1) is 0 Å². The largest absolute Gasteiger partial charge is 0.451 e. The Hall–Kier alpha value is -3.37. The fourth-order valence-electron chi connectivity index (χ4n) is 2.79. The van der Waals surface area contributed by atoms with Crippen LogP contribution >= 0.6 is 11.5 Å². The summed E-state index contributed by atoms with van der Waals surface area (Å²) in [6, 6.07) is 14.8. The van der Waals surface area contributed by atoms with Gasteiger partial charge in [0.1, 0.15) is 5.58 Å². The summed E-state index contributed by atoms with van der Waals surface area (Å²) in [6.45, 7) is 1.85. The molecule has 8 nitrogen and oxygen atoms in total.